The first-order chi connectivity index (χ1) is 21.3. The van der Waals surface area contributed by atoms with Gasteiger partial charge in [-0.3, -0.25) is 9.71 Å². The Morgan fingerprint density at radius 2 is 1.57 bits per heavy atom. The van der Waals surface area contributed by atoms with Crippen molar-refractivity contribution in [1.82, 2.24) is 9.55 Å². The lowest BCUT2D eigenvalue weighted by molar-refractivity contribution is 0.252. The number of nitrogens with one attached hydrogen (secondary N) is 1. The van der Waals surface area contributed by atoms with E-state index in [1.54, 1.807) is 41.2 Å². The molecule has 0 spiro atoms. The molecule has 224 valence electrons. The molecular formula is C34H29ClFN3O4S. The molecule has 6 rings (SSSR count). The van der Waals surface area contributed by atoms with Crippen molar-refractivity contribution in [1.29, 1.82) is 0 Å². The van der Waals surface area contributed by atoms with Crippen molar-refractivity contribution in [3.63, 3.8) is 0 Å². The van der Waals surface area contributed by atoms with E-state index in [-0.39, 0.29) is 42.0 Å². The lowest BCUT2D eigenvalue weighted by Crippen LogP contribution is -2.17. The smallest absolute Gasteiger partial charge is 0.232 e. The van der Waals surface area contributed by atoms with Crippen LogP contribution in [-0.4, -0.2) is 34.7 Å². The second-order valence-corrected chi connectivity index (χ2v) is 12.6. The summed E-state index contributed by atoms with van der Waals surface area (Å²) < 4.78 is 51.1. The van der Waals surface area contributed by atoms with E-state index in [2.05, 4.69) is 9.71 Å². The van der Waals surface area contributed by atoms with Crippen molar-refractivity contribution in [2.24, 2.45) is 0 Å². The molecule has 0 unspecified atom stereocenters. The Labute approximate surface area is 259 Å². The zero-order valence-electron chi connectivity index (χ0n) is 23.5. The number of rotatable bonds is 11. The summed E-state index contributed by atoms with van der Waals surface area (Å²) in [6, 6.07) is 28.8. The van der Waals surface area contributed by atoms with Crippen molar-refractivity contribution in [3.8, 4) is 11.6 Å². The average molecular weight is 630 g/mol. The van der Waals surface area contributed by atoms with Crippen LogP contribution < -0.4 is 9.46 Å². The van der Waals surface area contributed by atoms with Crippen LogP contribution in [0.3, 0.4) is 0 Å². The molecule has 2 heterocycles. The first-order valence-corrected chi connectivity index (χ1v) is 16.2. The maximum absolute atomic E-state index is 13.6. The van der Waals surface area contributed by atoms with Gasteiger partial charge >= 0.3 is 0 Å². The monoisotopic (exact) mass is 629 g/mol. The minimum atomic E-state index is -3.80. The number of halogens is 2. The molecule has 10 heteroatoms. The van der Waals surface area contributed by atoms with E-state index in [0.29, 0.717) is 27.4 Å². The van der Waals surface area contributed by atoms with Gasteiger partial charge in [0.1, 0.15) is 17.4 Å². The number of aromatic nitrogens is 2. The number of alkyl halides is 1. The maximum atomic E-state index is 13.6. The Morgan fingerprint density at radius 3 is 2.20 bits per heavy atom. The van der Waals surface area contributed by atoms with Crippen LogP contribution in [0.1, 0.15) is 29.2 Å². The fourth-order valence-corrected chi connectivity index (χ4v) is 6.74. The SMILES string of the molecule is O=S(=O)(CCCCl)Nc1c2cccnc2c(OC(c2ccccc2)c2ccccc2)c2c(O)n(Cc3ccc(F)cc3)cc12. The summed E-state index contributed by atoms with van der Waals surface area (Å²) in [5.41, 5.74) is 3.15. The molecule has 6 aromatic rings. The van der Waals surface area contributed by atoms with Gasteiger partial charge in [-0.05, 0) is 47.4 Å². The van der Waals surface area contributed by atoms with Crippen molar-refractivity contribution >= 4 is 49.0 Å². The molecule has 0 bridgehead atoms. The number of nitrogens with zero attached hydrogens (tertiary/aromatic N) is 2. The van der Waals surface area contributed by atoms with Crippen molar-refractivity contribution in [2.45, 2.75) is 19.1 Å². The molecule has 0 aliphatic rings. The summed E-state index contributed by atoms with van der Waals surface area (Å²) in [5, 5.41) is 13.0. The van der Waals surface area contributed by atoms with Crippen LogP contribution >= 0.6 is 11.6 Å². The molecule has 44 heavy (non-hydrogen) atoms. The van der Waals surface area contributed by atoms with Gasteiger partial charge in [-0.1, -0.05) is 72.8 Å². The lowest BCUT2D eigenvalue weighted by Gasteiger charge is -2.23. The molecule has 0 saturated carbocycles. The van der Waals surface area contributed by atoms with E-state index in [0.717, 1.165) is 16.7 Å². The van der Waals surface area contributed by atoms with E-state index >= 15 is 0 Å². The Kier molecular flexibility index (Phi) is 8.41. The number of ether oxygens (including phenoxy) is 1. The largest absolute Gasteiger partial charge is 0.494 e. The van der Waals surface area contributed by atoms with Crippen LogP contribution in [0.15, 0.2) is 109 Å². The minimum Gasteiger partial charge on any atom is -0.494 e. The van der Waals surface area contributed by atoms with Gasteiger partial charge in [0.2, 0.25) is 15.9 Å². The van der Waals surface area contributed by atoms with Crippen LogP contribution in [0, 0.1) is 5.82 Å². The predicted octanol–water partition coefficient (Wildman–Crippen LogP) is 7.62. The van der Waals surface area contributed by atoms with Gasteiger partial charge in [-0.2, -0.15) is 0 Å². The third kappa shape index (κ3) is 6.06. The van der Waals surface area contributed by atoms with Gasteiger partial charge in [-0.25, -0.2) is 12.8 Å². The van der Waals surface area contributed by atoms with Crippen molar-refractivity contribution in [3.05, 3.63) is 132 Å². The third-order valence-corrected chi connectivity index (χ3v) is 8.96. The standard InChI is InChI=1S/C34H29ClFN3O4S/c35-18-8-20-44(41,42)38-30-27-13-7-19-37-31(27)33(43-32(24-9-3-1-4-10-24)25-11-5-2-6-12-25)29-28(30)22-39(34(29)40)21-23-14-16-26(36)17-15-23/h1-7,9-17,19,22,32,38,40H,8,18,20-21H2. The first-order valence-electron chi connectivity index (χ1n) is 14.0. The number of benzene rings is 4. The number of sulfonamides is 1. The molecular weight excluding hydrogens is 601 g/mol. The number of fused-ring (bicyclic) bond motifs is 2. The highest BCUT2D eigenvalue weighted by molar-refractivity contribution is 7.92. The summed E-state index contributed by atoms with van der Waals surface area (Å²) in [5.74, 6) is -0.198. The molecule has 0 atom stereocenters. The molecule has 0 radical (unpaired) electrons. The van der Waals surface area contributed by atoms with Gasteiger partial charge in [0.05, 0.1) is 23.4 Å². The van der Waals surface area contributed by atoms with E-state index in [9.17, 15) is 17.9 Å². The Hall–Kier alpha value is -4.60. The van der Waals surface area contributed by atoms with Crippen LogP contribution in [0.25, 0.3) is 21.7 Å². The van der Waals surface area contributed by atoms with Gasteiger partial charge in [0.15, 0.2) is 5.75 Å². The highest BCUT2D eigenvalue weighted by Crippen LogP contribution is 2.47. The molecule has 2 aromatic heterocycles. The second-order valence-electron chi connectivity index (χ2n) is 10.4. The third-order valence-electron chi connectivity index (χ3n) is 7.35. The van der Waals surface area contributed by atoms with Gasteiger partial charge in [-0.15, -0.1) is 11.6 Å². The summed E-state index contributed by atoms with van der Waals surface area (Å²) in [4.78, 5) is 4.63. The average Bonchev–Trinajstić information content (AvgIpc) is 3.37. The summed E-state index contributed by atoms with van der Waals surface area (Å²) >= 11 is 5.80. The number of pyridine rings is 1. The predicted molar refractivity (Wildman–Crippen MR) is 173 cm³/mol. The van der Waals surface area contributed by atoms with E-state index < -0.39 is 16.1 Å². The molecule has 4 aromatic carbocycles. The zero-order chi connectivity index (χ0) is 30.7. The van der Waals surface area contributed by atoms with Gasteiger partial charge in [0, 0.05) is 29.0 Å². The first kappa shape index (κ1) is 29.5. The van der Waals surface area contributed by atoms with Crippen LogP contribution in [0.2, 0.25) is 0 Å². The highest BCUT2D eigenvalue weighted by atomic mass is 35.5. The quantitative estimate of drug-likeness (QED) is 0.144. The normalized spacial score (nSPS) is 11.8. The highest BCUT2D eigenvalue weighted by Gasteiger charge is 2.27. The second kappa shape index (κ2) is 12.6. The number of anilines is 1. The molecule has 0 amide bonds. The Bertz CT molecular complexity index is 1980. The van der Waals surface area contributed by atoms with Crippen LogP contribution in [0.5, 0.6) is 11.6 Å². The fraction of sp³-hybridized carbons (Fsp3) is 0.147. The molecule has 0 aliphatic carbocycles. The Balaban J connectivity index is 1.60. The molecule has 0 fully saturated rings. The van der Waals surface area contributed by atoms with E-state index in [4.69, 9.17) is 16.3 Å². The van der Waals surface area contributed by atoms with Crippen molar-refractivity contribution < 1.29 is 22.7 Å². The molecule has 2 N–H and O–H groups in total. The number of hydrogen-bond acceptors (Lipinski definition) is 5. The van der Waals surface area contributed by atoms with Gasteiger partial charge in [0.25, 0.3) is 0 Å². The summed E-state index contributed by atoms with van der Waals surface area (Å²) in [7, 11) is -3.80. The molecule has 0 saturated heterocycles. The lowest BCUT2D eigenvalue weighted by atomic mass is 10.0. The van der Waals surface area contributed by atoms with E-state index in [1.807, 2.05) is 60.7 Å². The molecule has 7 nitrogen and oxygen atoms in total. The molecule has 0 aliphatic heterocycles. The zero-order valence-corrected chi connectivity index (χ0v) is 25.1. The Morgan fingerprint density at radius 1 is 0.909 bits per heavy atom. The number of hydrogen-bond donors (Lipinski definition) is 2. The topological polar surface area (TPSA) is 93.5 Å². The fourth-order valence-electron chi connectivity index (χ4n) is 5.30. The van der Waals surface area contributed by atoms with Crippen molar-refractivity contribution in [2.75, 3.05) is 16.4 Å². The summed E-state index contributed by atoms with van der Waals surface area (Å²) in [6.45, 7) is 0.198. The maximum Gasteiger partial charge on any atom is 0.232 e. The van der Waals surface area contributed by atoms with E-state index in [1.165, 1.54) is 12.1 Å². The number of aromatic hydroxyl groups is 1. The summed E-state index contributed by atoms with van der Waals surface area (Å²) in [6.07, 6.45) is 2.97. The van der Waals surface area contributed by atoms with Crippen LogP contribution in [0.4, 0.5) is 10.1 Å². The van der Waals surface area contributed by atoms with Gasteiger partial charge < -0.3 is 14.4 Å². The minimum absolute atomic E-state index is 0.145. The van der Waals surface area contributed by atoms with Crippen LogP contribution in [-0.2, 0) is 16.6 Å².